The molecule has 0 spiro atoms. The molecule has 0 fully saturated rings. The molecule has 1 unspecified atom stereocenters. The minimum Gasteiger partial charge on any atom is -0.496 e. The molecule has 78 heavy (non-hydrogen) atoms. The summed E-state index contributed by atoms with van der Waals surface area (Å²) < 4.78 is 6.01. The maximum absolute atomic E-state index is 10.7. The predicted molar refractivity (Wildman–Crippen MR) is 325 cm³/mol. The van der Waals surface area contributed by atoms with Crippen molar-refractivity contribution >= 4 is 34.1 Å². The zero-order valence-electron chi connectivity index (χ0n) is 46.0. The van der Waals surface area contributed by atoms with Crippen LogP contribution in [0.4, 0.5) is 34.1 Å². The summed E-state index contributed by atoms with van der Waals surface area (Å²) in [6.45, 7) is 16.6. The Bertz CT molecular complexity index is 3960. The average Bonchev–Trinajstić information content (AvgIpc) is 4.19. The van der Waals surface area contributed by atoms with Crippen molar-refractivity contribution in [1.82, 2.24) is 0 Å². The van der Waals surface area contributed by atoms with Gasteiger partial charge in [-0.15, -0.1) is 0 Å². The van der Waals surface area contributed by atoms with Crippen LogP contribution in [0.25, 0.3) is 44.5 Å². The maximum atomic E-state index is 10.7. The molecular formula is C74H66N2O2. The third-order valence-corrected chi connectivity index (χ3v) is 17.9. The van der Waals surface area contributed by atoms with E-state index in [1.54, 1.807) is 7.11 Å². The highest BCUT2D eigenvalue weighted by molar-refractivity contribution is 5.89. The van der Waals surface area contributed by atoms with E-state index >= 15 is 0 Å². The number of aliphatic hydroxyl groups excluding tert-OH is 1. The van der Waals surface area contributed by atoms with E-state index < -0.39 is 0 Å². The first-order valence-electron chi connectivity index (χ1n) is 27.6. The molecule has 0 heterocycles. The Hall–Kier alpha value is -8.44. The largest absolute Gasteiger partial charge is 0.496 e. The van der Waals surface area contributed by atoms with E-state index in [0.717, 1.165) is 74.1 Å². The van der Waals surface area contributed by atoms with Gasteiger partial charge in [-0.05, 0) is 174 Å². The van der Waals surface area contributed by atoms with Crippen molar-refractivity contribution in [2.24, 2.45) is 0 Å². The predicted octanol–water partition coefficient (Wildman–Crippen LogP) is 19.1. The van der Waals surface area contributed by atoms with E-state index in [1.165, 1.54) is 61.2 Å². The van der Waals surface area contributed by atoms with E-state index in [0.29, 0.717) is 0 Å². The highest BCUT2D eigenvalue weighted by Gasteiger charge is 2.46. The Morgan fingerprint density at radius 1 is 0.372 bits per heavy atom. The van der Waals surface area contributed by atoms with Crippen LogP contribution in [0.1, 0.15) is 99.4 Å². The molecule has 4 nitrogen and oxygen atoms in total. The molecule has 0 radical (unpaired) electrons. The van der Waals surface area contributed by atoms with Gasteiger partial charge in [0.1, 0.15) is 5.75 Å². The van der Waals surface area contributed by atoms with Gasteiger partial charge in [-0.25, -0.2) is 0 Å². The van der Waals surface area contributed by atoms with Gasteiger partial charge in [-0.2, -0.15) is 0 Å². The van der Waals surface area contributed by atoms with Gasteiger partial charge in [-0.3, -0.25) is 0 Å². The first kappa shape index (κ1) is 49.2. The molecule has 0 aromatic heterocycles. The molecule has 4 heteroatoms. The molecule has 0 aliphatic heterocycles. The van der Waals surface area contributed by atoms with Gasteiger partial charge in [0.25, 0.3) is 0 Å². The van der Waals surface area contributed by atoms with Crippen molar-refractivity contribution in [2.75, 3.05) is 16.9 Å². The van der Waals surface area contributed by atoms with E-state index in [1.807, 2.05) is 6.07 Å². The molecule has 384 valence electrons. The average molecular weight is 1020 g/mol. The fourth-order valence-corrected chi connectivity index (χ4v) is 14.0. The molecule has 0 amide bonds. The second kappa shape index (κ2) is 18.4. The quantitative estimate of drug-likeness (QED) is 0.140. The lowest BCUT2D eigenvalue weighted by Crippen LogP contribution is -2.24. The standard InChI is InChI=1S/C74H66N2O2/c1-71(2)47-74(7,51-28-31-52(32-29-51)75(54-36-40-70(78-8)63(42-54)49-21-13-10-14-22-49)55-33-37-60-58-23-15-17-25-64(58)72(3,4)67(60)43-55)69-45-57(35-39-66(69)71)76(53-30-27-50(46-77)62(41-53)48-19-11-9-12-20-48)56-34-38-61-59-24-16-18-26-65(59)73(5,6)68(61)44-56/h9-45,77H,46-47H2,1-8H3. The van der Waals surface area contributed by atoms with Crippen molar-refractivity contribution in [3.8, 4) is 50.3 Å². The number of fused-ring (bicyclic) bond motifs is 7. The minimum atomic E-state index is -0.314. The Morgan fingerprint density at radius 3 is 1.35 bits per heavy atom. The summed E-state index contributed by atoms with van der Waals surface area (Å²) in [7, 11) is 1.76. The van der Waals surface area contributed by atoms with E-state index in [4.69, 9.17) is 4.74 Å². The normalized spacial score (nSPS) is 16.6. The molecule has 1 atom stereocenters. The Morgan fingerprint density at radius 2 is 0.795 bits per heavy atom. The fourth-order valence-electron chi connectivity index (χ4n) is 14.0. The number of hydrogen-bond acceptors (Lipinski definition) is 4. The second-order valence-corrected chi connectivity index (χ2v) is 23.8. The first-order valence-corrected chi connectivity index (χ1v) is 27.6. The van der Waals surface area contributed by atoms with Crippen LogP contribution in [0.3, 0.4) is 0 Å². The summed E-state index contributed by atoms with van der Waals surface area (Å²) in [5, 5.41) is 10.7. The van der Waals surface area contributed by atoms with E-state index in [9.17, 15) is 5.11 Å². The number of aliphatic hydroxyl groups is 1. The minimum absolute atomic E-state index is 0.0479. The van der Waals surface area contributed by atoms with Crippen LogP contribution in [0.15, 0.2) is 224 Å². The number of hydrogen-bond donors (Lipinski definition) is 1. The van der Waals surface area contributed by atoms with Gasteiger partial charge >= 0.3 is 0 Å². The lowest BCUT2D eigenvalue weighted by molar-refractivity contribution is 0.282. The number of benzene rings is 10. The van der Waals surface area contributed by atoms with Crippen LogP contribution in [0, 0.1) is 0 Å². The molecule has 10 aromatic carbocycles. The molecule has 0 bridgehead atoms. The summed E-state index contributed by atoms with van der Waals surface area (Å²) in [4.78, 5) is 4.86. The highest BCUT2D eigenvalue weighted by Crippen LogP contribution is 2.57. The molecule has 0 saturated carbocycles. The number of ether oxygens (including phenoxy) is 1. The van der Waals surface area contributed by atoms with Gasteiger partial charge in [0.2, 0.25) is 0 Å². The van der Waals surface area contributed by atoms with Crippen molar-refractivity contribution in [2.45, 2.75) is 83.2 Å². The van der Waals surface area contributed by atoms with Gasteiger partial charge in [0.15, 0.2) is 0 Å². The van der Waals surface area contributed by atoms with Gasteiger partial charge < -0.3 is 19.6 Å². The Balaban J connectivity index is 0.943. The molecular weight excluding hydrogens is 949 g/mol. The summed E-state index contributed by atoms with van der Waals surface area (Å²) in [5.74, 6) is 0.837. The van der Waals surface area contributed by atoms with Crippen molar-refractivity contribution < 1.29 is 9.84 Å². The first-order chi connectivity index (χ1) is 37.7. The van der Waals surface area contributed by atoms with Gasteiger partial charge in [0, 0.05) is 55.9 Å². The molecule has 10 aromatic rings. The molecule has 13 rings (SSSR count). The SMILES string of the molecule is COc1ccc(N(c2ccc(C3(C)CC(C)(C)c4ccc(N(c5ccc(CO)c(-c6ccccc6)c5)c5ccc6c(c5)C(C)(C)c5ccccc5-6)cc43)cc2)c2ccc3c(c2)C(C)(C)c2ccccc2-3)cc1-c1ccccc1. The lowest BCUT2D eigenvalue weighted by atomic mass is 9.75. The van der Waals surface area contributed by atoms with E-state index in [-0.39, 0.29) is 28.3 Å². The number of rotatable bonds is 11. The summed E-state index contributed by atoms with van der Waals surface area (Å²) >= 11 is 0. The lowest BCUT2D eigenvalue weighted by Gasteiger charge is -2.32. The highest BCUT2D eigenvalue weighted by atomic mass is 16.5. The van der Waals surface area contributed by atoms with Crippen LogP contribution < -0.4 is 14.5 Å². The second-order valence-electron chi connectivity index (χ2n) is 23.8. The topological polar surface area (TPSA) is 35.9 Å². The number of methoxy groups -OCH3 is 1. The zero-order valence-corrected chi connectivity index (χ0v) is 46.0. The monoisotopic (exact) mass is 1010 g/mol. The fraction of sp³-hybridized carbons (Fsp3) is 0.189. The van der Waals surface area contributed by atoms with Crippen LogP contribution in [-0.2, 0) is 28.3 Å². The van der Waals surface area contributed by atoms with Crippen LogP contribution in [0.2, 0.25) is 0 Å². The summed E-state index contributed by atoms with van der Waals surface area (Å²) in [6.07, 6.45) is 0.954. The maximum Gasteiger partial charge on any atom is 0.126 e. The summed E-state index contributed by atoms with van der Waals surface area (Å²) in [5.41, 5.74) is 25.5. The molecule has 0 saturated heterocycles. The molecule has 3 aliphatic carbocycles. The molecule has 3 aliphatic rings. The zero-order chi connectivity index (χ0) is 53.7. The van der Waals surface area contributed by atoms with Gasteiger partial charge in [0.05, 0.1) is 13.7 Å². The number of nitrogens with zero attached hydrogens (tertiary/aromatic N) is 2. The Labute approximate surface area is 460 Å². The smallest absolute Gasteiger partial charge is 0.126 e. The third kappa shape index (κ3) is 7.75. The Kier molecular flexibility index (Phi) is 11.6. The summed E-state index contributed by atoms with van der Waals surface area (Å²) in [6, 6.07) is 82.6. The van der Waals surface area contributed by atoms with Gasteiger partial charge in [-0.1, -0.05) is 194 Å². The van der Waals surface area contributed by atoms with Crippen LogP contribution in [0.5, 0.6) is 5.75 Å². The van der Waals surface area contributed by atoms with Crippen molar-refractivity contribution in [3.05, 3.63) is 269 Å². The molecule has 1 N–H and O–H groups in total. The van der Waals surface area contributed by atoms with Crippen molar-refractivity contribution in [1.29, 1.82) is 0 Å². The van der Waals surface area contributed by atoms with Crippen LogP contribution in [-0.4, -0.2) is 12.2 Å². The number of anilines is 6. The van der Waals surface area contributed by atoms with E-state index in [2.05, 4.69) is 277 Å². The van der Waals surface area contributed by atoms with Crippen molar-refractivity contribution in [3.63, 3.8) is 0 Å². The third-order valence-electron chi connectivity index (χ3n) is 17.9. The van der Waals surface area contributed by atoms with Crippen LogP contribution >= 0.6 is 0 Å².